The summed E-state index contributed by atoms with van der Waals surface area (Å²) in [5.41, 5.74) is 3.78. The number of nitrogens with zero attached hydrogens (tertiary/aromatic N) is 1. The molecule has 1 aromatic rings. The van der Waals surface area contributed by atoms with E-state index in [-0.39, 0.29) is 35.9 Å². The van der Waals surface area contributed by atoms with Crippen LogP contribution < -0.4 is 0 Å². The summed E-state index contributed by atoms with van der Waals surface area (Å²) in [6, 6.07) is 6.69. The van der Waals surface area contributed by atoms with E-state index >= 15 is 0 Å². The van der Waals surface area contributed by atoms with Gasteiger partial charge in [0.2, 0.25) is 0 Å². The maximum Gasteiger partial charge on any atom is 2.00 e. The second-order valence-electron chi connectivity index (χ2n) is 7.23. The van der Waals surface area contributed by atoms with Gasteiger partial charge in [-0.05, 0) is 31.1 Å². The molecule has 0 amide bonds. The molecule has 0 bridgehead atoms. The van der Waals surface area contributed by atoms with Gasteiger partial charge < -0.3 is 22.6 Å². The Kier molecular flexibility index (Phi) is 11.0. The number of rotatable bonds is 7. The zero-order chi connectivity index (χ0) is 17.0. The summed E-state index contributed by atoms with van der Waals surface area (Å²) in [6.07, 6.45) is 2.46. The van der Waals surface area contributed by atoms with Crippen molar-refractivity contribution in [2.75, 3.05) is 6.61 Å². The van der Waals surface area contributed by atoms with E-state index in [1.165, 1.54) is 11.1 Å². The standard InChI is InChI=1S/C20H32NO2.CH3.Ni/c1-6-23-20(22)17-11-8-12-18(17)21-19-15(13(2)3)9-7-10-16(19)14(4)5;;/h7,9-10,13-14,17-18,20,22H,6,8,11-12H2,1-5H3;1H3;/q2*-1;+2. The molecule has 1 aromatic carbocycles. The average molecular weight is 392 g/mol. The molecule has 3 atom stereocenters. The normalized spacial score (nSPS) is 21.0. The van der Waals surface area contributed by atoms with E-state index in [4.69, 9.17) is 10.1 Å². The topological polar surface area (TPSA) is 43.6 Å². The quantitative estimate of drug-likeness (QED) is 0.356. The molecule has 1 aliphatic carbocycles. The van der Waals surface area contributed by atoms with Crippen molar-refractivity contribution in [1.82, 2.24) is 0 Å². The van der Waals surface area contributed by atoms with Gasteiger partial charge in [-0.1, -0.05) is 69.9 Å². The number of hydrogen-bond acceptors (Lipinski definition) is 2. The summed E-state index contributed by atoms with van der Waals surface area (Å²) < 4.78 is 5.44. The number of ether oxygens (including phenoxy) is 1. The number of hydrogen-bond donors (Lipinski definition) is 1. The molecular weight excluding hydrogens is 357 g/mol. The third kappa shape index (κ3) is 5.98. The molecule has 1 N–H and O–H groups in total. The first-order chi connectivity index (χ1) is 11.0. The Morgan fingerprint density at radius 2 is 1.68 bits per heavy atom. The Hall–Kier alpha value is -0.566. The first-order valence-electron chi connectivity index (χ1n) is 9.09. The summed E-state index contributed by atoms with van der Waals surface area (Å²) in [7, 11) is 0. The number of aliphatic hydroxyl groups is 1. The number of aliphatic hydroxyl groups excluding tert-OH is 1. The van der Waals surface area contributed by atoms with Crippen molar-refractivity contribution in [2.45, 2.75) is 78.0 Å². The van der Waals surface area contributed by atoms with Crippen LogP contribution in [-0.4, -0.2) is 24.0 Å². The molecule has 1 fully saturated rings. The second-order valence-corrected chi connectivity index (χ2v) is 7.23. The van der Waals surface area contributed by atoms with Gasteiger partial charge in [-0.25, -0.2) is 0 Å². The molecule has 1 aliphatic rings. The molecule has 3 nitrogen and oxygen atoms in total. The van der Waals surface area contributed by atoms with E-state index in [9.17, 15) is 5.11 Å². The van der Waals surface area contributed by atoms with Crippen LogP contribution in [0.2, 0.25) is 0 Å². The molecule has 0 saturated heterocycles. The van der Waals surface area contributed by atoms with Crippen LogP contribution in [0.5, 0.6) is 0 Å². The molecule has 1 saturated carbocycles. The fourth-order valence-electron chi connectivity index (χ4n) is 3.58. The van der Waals surface area contributed by atoms with E-state index in [0.29, 0.717) is 18.4 Å². The van der Waals surface area contributed by atoms with Gasteiger partial charge in [0.25, 0.3) is 0 Å². The summed E-state index contributed by atoms with van der Waals surface area (Å²) in [6.45, 7) is 11.4. The molecule has 25 heavy (non-hydrogen) atoms. The van der Waals surface area contributed by atoms with Crippen LogP contribution in [-0.2, 0) is 21.2 Å². The fourth-order valence-corrected chi connectivity index (χ4v) is 3.58. The van der Waals surface area contributed by atoms with E-state index in [0.717, 1.165) is 24.9 Å². The van der Waals surface area contributed by atoms with Gasteiger partial charge >= 0.3 is 16.5 Å². The summed E-state index contributed by atoms with van der Waals surface area (Å²) in [5.74, 6) is 1.02. The largest absolute Gasteiger partial charge is 2.00 e. The van der Waals surface area contributed by atoms with E-state index < -0.39 is 6.29 Å². The zero-order valence-corrected chi connectivity index (χ0v) is 17.6. The third-order valence-electron chi connectivity index (χ3n) is 4.87. The average Bonchev–Trinajstić information content (AvgIpc) is 2.95. The molecule has 0 aliphatic heterocycles. The minimum atomic E-state index is -0.690. The fraction of sp³-hybridized carbons (Fsp3) is 0.667. The van der Waals surface area contributed by atoms with E-state index in [1.807, 2.05) is 6.92 Å². The predicted molar refractivity (Wildman–Crippen MR) is 103 cm³/mol. The minimum Gasteiger partial charge on any atom is -0.681 e. The van der Waals surface area contributed by atoms with Crippen molar-refractivity contribution >= 4 is 5.69 Å². The molecule has 2 rings (SSSR count). The second kappa shape index (κ2) is 11.2. The third-order valence-corrected chi connectivity index (χ3v) is 4.87. The van der Waals surface area contributed by atoms with Gasteiger partial charge in [-0.3, -0.25) is 0 Å². The van der Waals surface area contributed by atoms with Gasteiger partial charge in [-0.2, -0.15) is 0 Å². The van der Waals surface area contributed by atoms with Crippen LogP contribution >= 0.6 is 0 Å². The molecular formula is C21H35NNiO2. The molecule has 0 aromatic heterocycles. The van der Waals surface area contributed by atoms with Gasteiger partial charge in [-0.15, -0.1) is 11.7 Å². The van der Waals surface area contributed by atoms with Crippen molar-refractivity contribution < 1.29 is 26.3 Å². The minimum absolute atomic E-state index is 0. The Morgan fingerprint density at radius 3 is 2.16 bits per heavy atom. The van der Waals surface area contributed by atoms with Gasteiger partial charge in [0.05, 0.1) is 0 Å². The predicted octanol–water partition coefficient (Wildman–Crippen LogP) is 5.91. The summed E-state index contributed by atoms with van der Waals surface area (Å²) >= 11 is 0. The van der Waals surface area contributed by atoms with E-state index in [2.05, 4.69) is 45.9 Å². The molecule has 0 spiro atoms. The summed E-state index contributed by atoms with van der Waals surface area (Å²) in [4.78, 5) is 0. The van der Waals surface area contributed by atoms with Crippen molar-refractivity contribution in [2.24, 2.45) is 5.92 Å². The number of benzene rings is 1. The Bertz CT molecular complexity index is 478. The van der Waals surface area contributed by atoms with Gasteiger partial charge in [0.1, 0.15) is 0 Å². The van der Waals surface area contributed by atoms with Crippen molar-refractivity contribution in [1.29, 1.82) is 0 Å². The van der Waals surface area contributed by atoms with Crippen LogP contribution in [0.1, 0.15) is 76.8 Å². The molecule has 0 radical (unpaired) electrons. The Labute approximate surface area is 164 Å². The number of para-hydroxylation sites is 1. The van der Waals surface area contributed by atoms with Crippen LogP contribution in [0.25, 0.3) is 5.32 Å². The van der Waals surface area contributed by atoms with Crippen LogP contribution in [0.3, 0.4) is 0 Å². The first-order valence-corrected chi connectivity index (χ1v) is 9.09. The van der Waals surface area contributed by atoms with Gasteiger partial charge in [0.15, 0.2) is 6.29 Å². The smallest absolute Gasteiger partial charge is 0.681 e. The van der Waals surface area contributed by atoms with Crippen LogP contribution in [0.4, 0.5) is 5.69 Å². The monoisotopic (exact) mass is 391 g/mol. The van der Waals surface area contributed by atoms with Crippen LogP contribution in [0, 0.1) is 13.3 Å². The molecule has 3 unspecified atom stereocenters. The van der Waals surface area contributed by atoms with E-state index in [1.54, 1.807) is 0 Å². The van der Waals surface area contributed by atoms with Crippen molar-refractivity contribution in [3.8, 4) is 0 Å². The van der Waals surface area contributed by atoms with Crippen LogP contribution in [0.15, 0.2) is 18.2 Å². The van der Waals surface area contributed by atoms with Gasteiger partial charge in [0, 0.05) is 6.61 Å². The summed E-state index contributed by atoms with van der Waals surface area (Å²) in [5, 5.41) is 15.4. The molecule has 146 valence electrons. The maximum atomic E-state index is 10.3. The SMILES string of the molecule is CCOC(O)C1CCCC1[N-]c1c(C(C)C)cccc1C(C)C.[CH3-].[Ni+2]. The molecule has 4 heteroatoms. The first kappa shape index (κ1) is 24.4. The Balaban J connectivity index is 0.00000288. The zero-order valence-electron chi connectivity index (χ0n) is 16.6. The molecule has 0 heterocycles. The maximum absolute atomic E-state index is 10.3. The Morgan fingerprint density at radius 1 is 1.12 bits per heavy atom. The van der Waals surface area contributed by atoms with Crippen molar-refractivity contribution in [3.05, 3.63) is 42.1 Å². The van der Waals surface area contributed by atoms with Crippen molar-refractivity contribution in [3.63, 3.8) is 0 Å².